The van der Waals surface area contributed by atoms with Crippen LogP contribution in [-0.2, 0) is 19.8 Å². The van der Waals surface area contributed by atoms with E-state index in [0.717, 1.165) is 31.4 Å². The predicted molar refractivity (Wildman–Crippen MR) is 126 cm³/mol. The van der Waals surface area contributed by atoms with E-state index in [0.29, 0.717) is 24.7 Å². The lowest BCUT2D eigenvalue weighted by Gasteiger charge is -2.31. The fraction of sp³-hybridized carbons (Fsp3) is 0.481. The molecule has 1 saturated carbocycles. The van der Waals surface area contributed by atoms with Crippen molar-refractivity contribution in [3.8, 4) is 5.75 Å². The summed E-state index contributed by atoms with van der Waals surface area (Å²) in [6.07, 6.45) is 8.35. The monoisotopic (exact) mass is 461 g/mol. The maximum Gasteiger partial charge on any atom is 0.240 e. The standard InChI is InChI=1S/C27H31N3O4/c31-24-16-27(21-8-2-1-3-9-21,17-25(32)30-19-20-7-4-10-22(30)15-20)26(33)29(24)13-6-14-34-23-11-5-12-28-18-23/h1-3,5,8-9,11-12,18,20,22H,4,6-7,10,13-17,19H2/t20-,22+,27+/m0/s1. The Morgan fingerprint density at radius 1 is 1.12 bits per heavy atom. The second-order valence-electron chi connectivity index (χ2n) is 9.78. The van der Waals surface area contributed by atoms with Crippen molar-refractivity contribution in [2.75, 3.05) is 19.7 Å². The van der Waals surface area contributed by atoms with E-state index in [9.17, 15) is 14.4 Å². The molecule has 3 fully saturated rings. The third-order valence-corrected chi connectivity index (χ3v) is 7.59. The third kappa shape index (κ3) is 4.31. The van der Waals surface area contributed by atoms with Crippen molar-refractivity contribution in [3.63, 3.8) is 0 Å². The number of carbonyl (C=O) groups excluding carboxylic acids is 3. The lowest BCUT2D eigenvalue weighted by molar-refractivity contribution is -0.143. The Hall–Kier alpha value is -3.22. The van der Waals surface area contributed by atoms with Crippen molar-refractivity contribution in [3.05, 3.63) is 60.4 Å². The van der Waals surface area contributed by atoms with Crippen LogP contribution in [0.4, 0.5) is 0 Å². The molecule has 1 aromatic carbocycles. The molecule has 178 valence electrons. The van der Waals surface area contributed by atoms with Crippen LogP contribution in [-0.4, -0.2) is 58.2 Å². The Morgan fingerprint density at radius 3 is 2.74 bits per heavy atom. The molecule has 3 heterocycles. The van der Waals surface area contributed by atoms with E-state index < -0.39 is 5.41 Å². The average Bonchev–Trinajstić information content (AvgIpc) is 3.29. The molecule has 2 aliphatic heterocycles. The first-order valence-corrected chi connectivity index (χ1v) is 12.3. The highest BCUT2D eigenvalue weighted by Gasteiger charge is 2.54. The Kier molecular flexibility index (Phi) is 6.35. The molecule has 34 heavy (non-hydrogen) atoms. The number of hydrogen-bond donors (Lipinski definition) is 0. The van der Waals surface area contributed by atoms with Crippen molar-refractivity contribution in [2.24, 2.45) is 5.92 Å². The lowest BCUT2D eigenvalue weighted by atomic mass is 9.75. The van der Waals surface area contributed by atoms with Crippen LogP contribution in [0.15, 0.2) is 54.9 Å². The minimum absolute atomic E-state index is 0.00108. The number of imide groups is 1. The number of amides is 3. The van der Waals surface area contributed by atoms with Crippen molar-refractivity contribution >= 4 is 17.7 Å². The Morgan fingerprint density at radius 2 is 1.97 bits per heavy atom. The SMILES string of the molecule is O=C1C[C@@](CC(=O)N2C[C@H]3CCC[C@@H]2C3)(c2ccccc2)C(=O)N1CCCOc1cccnc1. The van der Waals surface area contributed by atoms with Crippen LogP contribution in [0.1, 0.15) is 50.5 Å². The van der Waals surface area contributed by atoms with Crippen LogP contribution >= 0.6 is 0 Å². The van der Waals surface area contributed by atoms with Crippen LogP contribution in [0.5, 0.6) is 5.75 Å². The van der Waals surface area contributed by atoms with Gasteiger partial charge in [-0.3, -0.25) is 24.3 Å². The predicted octanol–water partition coefficient (Wildman–Crippen LogP) is 3.34. The number of nitrogens with zero attached hydrogens (tertiary/aromatic N) is 3. The largest absolute Gasteiger partial charge is 0.492 e. The highest BCUT2D eigenvalue weighted by atomic mass is 16.5. The number of pyridine rings is 1. The van der Waals surface area contributed by atoms with Gasteiger partial charge in [0, 0.05) is 38.2 Å². The Bertz CT molecular complexity index is 1040. The van der Waals surface area contributed by atoms with E-state index >= 15 is 0 Å². The van der Waals surface area contributed by atoms with E-state index in [2.05, 4.69) is 4.98 Å². The fourth-order valence-corrected chi connectivity index (χ4v) is 5.90. The summed E-state index contributed by atoms with van der Waals surface area (Å²) >= 11 is 0. The van der Waals surface area contributed by atoms with Crippen LogP contribution < -0.4 is 4.74 Å². The first kappa shape index (κ1) is 22.6. The zero-order valence-corrected chi connectivity index (χ0v) is 19.4. The van der Waals surface area contributed by atoms with Gasteiger partial charge in [-0.05, 0) is 49.3 Å². The molecular weight excluding hydrogens is 430 g/mol. The van der Waals surface area contributed by atoms with Crippen molar-refractivity contribution < 1.29 is 19.1 Å². The topological polar surface area (TPSA) is 79.8 Å². The first-order chi connectivity index (χ1) is 16.6. The molecule has 0 radical (unpaired) electrons. The van der Waals surface area contributed by atoms with Gasteiger partial charge in [0.15, 0.2) is 0 Å². The van der Waals surface area contributed by atoms with Gasteiger partial charge >= 0.3 is 0 Å². The zero-order valence-electron chi connectivity index (χ0n) is 19.4. The number of rotatable bonds is 8. The van der Waals surface area contributed by atoms with Gasteiger partial charge in [-0.15, -0.1) is 0 Å². The van der Waals surface area contributed by atoms with Crippen LogP contribution in [0, 0.1) is 5.92 Å². The number of aromatic nitrogens is 1. The molecule has 0 unspecified atom stereocenters. The molecule has 5 rings (SSSR count). The van der Waals surface area contributed by atoms with E-state index in [4.69, 9.17) is 4.74 Å². The Balaban J connectivity index is 1.31. The summed E-state index contributed by atoms with van der Waals surface area (Å²) in [7, 11) is 0. The summed E-state index contributed by atoms with van der Waals surface area (Å²) in [5, 5.41) is 0. The summed E-state index contributed by atoms with van der Waals surface area (Å²) in [5.74, 6) is 0.749. The third-order valence-electron chi connectivity index (χ3n) is 7.59. The number of hydrogen-bond acceptors (Lipinski definition) is 5. The molecule has 3 amide bonds. The van der Waals surface area contributed by atoms with Gasteiger partial charge in [-0.2, -0.15) is 0 Å². The van der Waals surface area contributed by atoms with Gasteiger partial charge in [0.2, 0.25) is 17.7 Å². The van der Waals surface area contributed by atoms with Crippen LogP contribution in [0.25, 0.3) is 0 Å². The molecule has 0 spiro atoms. The van der Waals surface area contributed by atoms with Crippen molar-refractivity contribution in [1.82, 2.24) is 14.8 Å². The van der Waals surface area contributed by atoms with E-state index in [1.807, 2.05) is 41.3 Å². The highest BCUT2D eigenvalue weighted by molar-refractivity contribution is 6.10. The van der Waals surface area contributed by atoms with Crippen LogP contribution in [0.3, 0.4) is 0 Å². The molecule has 3 aliphatic rings. The van der Waals surface area contributed by atoms with Gasteiger partial charge in [0.05, 0.1) is 18.2 Å². The number of ether oxygens (including phenoxy) is 1. The smallest absolute Gasteiger partial charge is 0.240 e. The summed E-state index contributed by atoms with van der Waals surface area (Å²) in [6.45, 7) is 1.43. The second-order valence-corrected chi connectivity index (χ2v) is 9.78. The molecule has 7 nitrogen and oxygen atoms in total. The second kappa shape index (κ2) is 9.57. The Labute approximate surface area is 200 Å². The average molecular weight is 462 g/mol. The lowest BCUT2D eigenvalue weighted by Crippen LogP contribution is -2.44. The summed E-state index contributed by atoms with van der Waals surface area (Å²) in [4.78, 5) is 47.7. The molecule has 2 bridgehead atoms. The molecule has 2 aromatic rings. The van der Waals surface area contributed by atoms with Gasteiger partial charge < -0.3 is 9.64 Å². The molecule has 7 heteroatoms. The molecule has 2 saturated heterocycles. The van der Waals surface area contributed by atoms with Gasteiger partial charge in [0.1, 0.15) is 5.75 Å². The maximum absolute atomic E-state index is 13.8. The normalized spacial score (nSPS) is 26.2. The van der Waals surface area contributed by atoms with Gasteiger partial charge in [0.25, 0.3) is 0 Å². The first-order valence-electron chi connectivity index (χ1n) is 12.3. The quantitative estimate of drug-likeness (QED) is 0.445. The molecule has 0 N–H and O–H groups in total. The number of likely N-dealkylation sites (tertiary alicyclic amines) is 2. The fourth-order valence-electron chi connectivity index (χ4n) is 5.90. The number of benzene rings is 1. The molecule has 1 aromatic heterocycles. The van der Waals surface area contributed by atoms with Crippen molar-refractivity contribution in [2.45, 2.75) is 56.4 Å². The zero-order chi connectivity index (χ0) is 23.5. The van der Waals surface area contributed by atoms with Gasteiger partial charge in [-0.25, -0.2) is 0 Å². The number of carbonyl (C=O) groups is 3. The minimum Gasteiger partial charge on any atom is -0.492 e. The number of fused-ring (bicyclic) bond motifs is 2. The molecule has 1 aliphatic carbocycles. The highest BCUT2D eigenvalue weighted by Crippen LogP contribution is 2.42. The minimum atomic E-state index is -1.13. The van der Waals surface area contributed by atoms with Crippen LogP contribution in [0.2, 0.25) is 0 Å². The van der Waals surface area contributed by atoms with E-state index in [1.165, 1.54) is 11.3 Å². The molecular formula is C27H31N3O4. The summed E-state index contributed by atoms with van der Waals surface area (Å²) in [6, 6.07) is 13.3. The van der Waals surface area contributed by atoms with Crippen molar-refractivity contribution in [1.29, 1.82) is 0 Å². The molecule has 3 atom stereocenters. The van der Waals surface area contributed by atoms with E-state index in [-0.39, 0.29) is 43.1 Å². The maximum atomic E-state index is 13.8. The summed E-state index contributed by atoms with van der Waals surface area (Å²) < 4.78 is 5.67. The van der Waals surface area contributed by atoms with Gasteiger partial charge in [-0.1, -0.05) is 36.8 Å². The summed E-state index contributed by atoms with van der Waals surface area (Å²) in [5.41, 5.74) is -0.381. The van der Waals surface area contributed by atoms with E-state index in [1.54, 1.807) is 18.5 Å².